The number of fused-ring (bicyclic) bond motifs is 3. The van der Waals surface area contributed by atoms with Gasteiger partial charge in [-0.3, -0.25) is 0 Å². The van der Waals surface area contributed by atoms with Crippen LogP contribution in [0, 0.1) is 0 Å². The molecule has 26 heavy (non-hydrogen) atoms. The molecule has 136 valence electrons. The van der Waals surface area contributed by atoms with Crippen LogP contribution in [0.4, 0.5) is 4.39 Å². The summed E-state index contributed by atoms with van der Waals surface area (Å²) in [6, 6.07) is 1.99. The number of aromatic amines is 1. The Bertz CT molecular complexity index is 1140. The average Bonchev–Trinajstić information content (AvgIpc) is 3.11. The number of nitrogens with zero attached hydrogens (tertiary/aromatic N) is 4. The van der Waals surface area contributed by atoms with E-state index in [1.54, 1.807) is 6.20 Å². The molecule has 0 radical (unpaired) electrons. The molecular weight excluding hydrogens is 359 g/mol. The zero-order valence-electron chi connectivity index (χ0n) is 13.8. The second-order valence-corrected chi connectivity index (χ2v) is 9.57. The van der Waals surface area contributed by atoms with Crippen LogP contribution in [0.2, 0.25) is 0 Å². The monoisotopic (exact) mass is 376 g/mol. The van der Waals surface area contributed by atoms with Crippen molar-refractivity contribution in [1.29, 1.82) is 0 Å². The fourth-order valence-corrected chi connectivity index (χ4v) is 6.50. The van der Waals surface area contributed by atoms with Crippen molar-refractivity contribution < 1.29 is 12.8 Å². The van der Waals surface area contributed by atoms with Crippen LogP contribution in [0.5, 0.6) is 0 Å². The molecule has 0 spiro atoms. The van der Waals surface area contributed by atoms with E-state index in [-0.39, 0.29) is 18.6 Å². The van der Waals surface area contributed by atoms with Crippen LogP contribution in [0.15, 0.2) is 24.8 Å². The van der Waals surface area contributed by atoms with E-state index in [0.29, 0.717) is 0 Å². The number of H-pyrrole nitrogens is 1. The minimum absolute atomic E-state index is 0.0405. The lowest BCUT2D eigenvalue weighted by atomic mass is 9.44. The molecule has 3 aliphatic carbocycles. The van der Waals surface area contributed by atoms with E-state index < -0.39 is 21.9 Å². The molecule has 0 aromatic carbocycles. The van der Waals surface area contributed by atoms with Gasteiger partial charge in [-0.15, -0.1) is 0 Å². The molecule has 10 heteroatoms. The Hall–Kier alpha value is -2.04. The highest BCUT2D eigenvalue weighted by molar-refractivity contribution is 7.87. The highest BCUT2D eigenvalue weighted by atomic mass is 32.2. The molecule has 4 aliphatic rings. The smallest absolute Gasteiger partial charge is 0.280 e. The number of nitrogens with one attached hydrogen (secondary N) is 2. The molecule has 3 aromatic heterocycles. The van der Waals surface area contributed by atoms with E-state index in [1.807, 2.05) is 18.6 Å². The van der Waals surface area contributed by atoms with Crippen molar-refractivity contribution in [2.45, 2.75) is 36.5 Å². The van der Waals surface area contributed by atoms with Crippen molar-refractivity contribution in [1.82, 2.24) is 28.5 Å². The van der Waals surface area contributed by atoms with Crippen LogP contribution in [0.1, 0.15) is 19.3 Å². The molecule has 2 N–H and O–H groups in total. The lowest BCUT2D eigenvalue weighted by Gasteiger charge is -2.70. The van der Waals surface area contributed by atoms with E-state index in [9.17, 15) is 12.8 Å². The van der Waals surface area contributed by atoms with Crippen LogP contribution in [0.3, 0.4) is 0 Å². The number of halogens is 1. The van der Waals surface area contributed by atoms with Gasteiger partial charge in [-0.1, -0.05) is 0 Å². The third-order valence-electron chi connectivity index (χ3n) is 6.09. The first-order valence-corrected chi connectivity index (χ1v) is 10.1. The molecule has 3 aromatic rings. The lowest BCUT2D eigenvalue weighted by molar-refractivity contribution is -0.123. The number of hydrogen-bond donors (Lipinski definition) is 2. The summed E-state index contributed by atoms with van der Waals surface area (Å²) in [7, 11) is -3.60. The third-order valence-corrected chi connectivity index (χ3v) is 7.76. The van der Waals surface area contributed by atoms with Gasteiger partial charge in [0.1, 0.15) is 17.3 Å². The first-order valence-electron chi connectivity index (χ1n) is 8.63. The molecule has 4 fully saturated rings. The van der Waals surface area contributed by atoms with Gasteiger partial charge in [0.15, 0.2) is 0 Å². The normalized spacial score (nSPS) is 31.7. The van der Waals surface area contributed by atoms with Crippen LogP contribution in [-0.4, -0.2) is 57.0 Å². The molecule has 1 saturated heterocycles. The molecule has 0 amide bonds. The fraction of sp³-hybridized carbons (Fsp3) is 0.500. The maximum Gasteiger partial charge on any atom is 0.280 e. The second kappa shape index (κ2) is 4.44. The molecular formula is C16H17FN6O2S. The van der Waals surface area contributed by atoms with Crippen molar-refractivity contribution in [3.8, 4) is 0 Å². The van der Waals surface area contributed by atoms with E-state index in [4.69, 9.17) is 0 Å². The minimum Gasteiger partial charge on any atom is -0.346 e. The van der Waals surface area contributed by atoms with Gasteiger partial charge in [-0.05, 0) is 25.3 Å². The van der Waals surface area contributed by atoms with Gasteiger partial charge >= 0.3 is 0 Å². The molecule has 0 unspecified atom stereocenters. The zero-order valence-corrected chi connectivity index (χ0v) is 14.6. The van der Waals surface area contributed by atoms with Crippen molar-refractivity contribution in [3.63, 3.8) is 0 Å². The Kier molecular flexibility index (Phi) is 2.57. The first-order chi connectivity index (χ1) is 12.4. The highest BCUT2D eigenvalue weighted by Crippen LogP contribution is 2.66. The molecule has 2 bridgehead atoms. The maximum absolute atomic E-state index is 13.0. The van der Waals surface area contributed by atoms with Gasteiger partial charge in [0.05, 0.1) is 23.6 Å². The molecule has 0 atom stereocenters. The SMILES string of the molecule is O=S(=O)(NC12CC(n3cnc4cnc5[nH]ccc5c43)(C1)C2)N1CC(F)C1. The fourth-order valence-electron chi connectivity index (χ4n) is 4.89. The highest BCUT2D eigenvalue weighted by Gasteiger charge is 2.71. The zero-order chi connectivity index (χ0) is 17.7. The summed E-state index contributed by atoms with van der Waals surface area (Å²) in [5, 5.41) is 1.02. The largest absolute Gasteiger partial charge is 0.346 e. The number of aromatic nitrogens is 4. The predicted octanol–water partition coefficient (Wildman–Crippen LogP) is 1.03. The Morgan fingerprint density at radius 2 is 2.04 bits per heavy atom. The summed E-state index contributed by atoms with van der Waals surface area (Å²) < 4.78 is 43.8. The Labute approximate surface area is 148 Å². The van der Waals surface area contributed by atoms with Gasteiger partial charge in [-0.2, -0.15) is 17.4 Å². The lowest BCUT2D eigenvalue weighted by Crippen LogP contribution is -2.79. The average molecular weight is 376 g/mol. The molecule has 3 saturated carbocycles. The molecule has 8 nitrogen and oxygen atoms in total. The third kappa shape index (κ3) is 1.76. The quantitative estimate of drug-likeness (QED) is 0.711. The summed E-state index contributed by atoms with van der Waals surface area (Å²) in [5.41, 5.74) is 2.20. The minimum atomic E-state index is -3.60. The van der Waals surface area contributed by atoms with Gasteiger partial charge in [0, 0.05) is 30.2 Å². The van der Waals surface area contributed by atoms with E-state index in [2.05, 4.69) is 24.2 Å². The standard InChI is InChI=1S/C16H17FN6O2S/c17-10-4-22(5-10)26(24,25)21-15-6-16(7-15,8-15)23-9-20-12-3-19-14-11(13(12)23)1-2-18-14/h1-3,9-10,21H,4-8H2,(H,18,19). The number of hydrogen-bond acceptors (Lipinski definition) is 4. The van der Waals surface area contributed by atoms with Crippen molar-refractivity contribution >= 4 is 32.3 Å². The van der Waals surface area contributed by atoms with Gasteiger partial charge in [-0.25, -0.2) is 14.4 Å². The summed E-state index contributed by atoms with van der Waals surface area (Å²) in [5.74, 6) is 0. The van der Waals surface area contributed by atoms with Gasteiger partial charge in [0.25, 0.3) is 10.2 Å². The Balaban J connectivity index is 1.29. The van der Waals surface area contributed by atoms with Crippen molar-refractivity contribution in [2.75, 3.05) is 13.1 Å². The number of imidazole rings is 1. The predicted molar refractivity (Wildman–Crippen MR) is 92.5 cm³/mol. The van der Waals surface area contributed by atoms with Crippen LogP contribution in [-0.2, 0) is 15.7 Å². The summed E-state index contributed by atoms with van der Waals surface area (Å²) in [6.45, 7) is -0.0810. The van der Waals surface area contributed by atoms with E-state index in [1.165, 1.54) is 4.31 Å². The second-order valence-electron chi connectivity index (χ2n) is 7.90. The van der Waals surface area contributed by atoms with E-state index >= 15 is 0 Å². The topological polar surface area (TPSA) is 95.9 Å². The van der Waals surface area contributed by atoms with Crippen LogP contribution in [0.25, 0.3) is 22.1 Å². The van der Waals surface area contributed by atoms with Gasteiger partial charge < -0.3 is 9.55 Å². The molecule has 1 aliphatic heterocycles. The molecule has 7 rings (SSSR count). The van der Waals surface area contributed by atoms with Crippen molar-refractivity contribution in [2.24, 2.45) is 0 Å². The van der Waals surface area contributed by atoms with E-state index in [0.717, 1.165) is 41.3 Å². The van der Waals surface area contributed by atoms with Crippen LogP contribution < -0.4 is 4.72 Å². The number of alkyl halides is 1. The Morgan fingerprint density at radius 3 is 2.77 bits per heavy atom. The summed E-state index contributed by atoms with van der Waals surface area (Å²) in [6.07, 6.45) is 6.59. The Morgan fingerprint density at radius 1 is 1.27 bits per heavy atom. The number of rotatable bonds is 4. The van der Waals surface area contributed by atoms with Crippen LogP contribution >= 0.6 is 0 Å². The van der Waals surface area contributed by atoms with Crippen molar-refractivity contribution in [3.05, 3.63) is 24.8 Å². The summed E-state index contributed by atoms with van der Waals surface area (Å²) in [4.78, 5) is 12.0. The maximum atomic E-state index is 13.0. The number of pyridine rings is 1. The first kappa shape index (κ1) is 15.1. The molecule has 4 heterocycles. The summed E-state index contributed by atoms with van der Waals surface area (Å²) >= 11 is 0. The van der Waals surface area contributed by atoms with Gasteiger partial charge in [0.2, 0.25) is 0 Å².